The van der Waals surface area contributed by atoms with Crippen molar-refractivity contribution >= 4 is 23.0 Å². The van der Waals surface area contributed by atoms with E-state index in [1.165, 1.54) is 0 Å². The zero-order chi connectivity index (χ0) is 12.5. The lowest BCUT2D eigenvalue weighted by molar-refractivity contribution is 0.420. The van der Waals surface area contributed by atoms with Gasteiger partial charge in [0, 0.05) is 10.8 Å². The van der Waals surface area contributed by atoms with Gasteiger partial charge in [-0.3, -0.25) is 9.67 Å². The Morgan fingerprint density at radius 3 is 2.67 bits per heavy atom. The van der Waals surface area contributed by atoms with Crippen molar-refractivity contribution in [2.24, 2.45) is 0 Å². The molecule has 1 heterocycles. The number of benzene rings is 2. The molecule has 0 aliphatic carbocycles. The predicted molar refractivity (Wildman–Crippen MR) is 72.8 cm³/mol. The molecule has 3 aromatic rings. The van der Waals surface area contributed by atoms with Gasteiger partial charge in [-0.05, 0) is 24.4 Å². The van der Waals surface area contributed by atoms with Crippen molar-refractivity contribution in [3.05, 3.63) is 47.5 Å². The molecule has 18 heavy (non-hydrogen) atoms. The molecule has 0 fully saturated rings. The minimum atomic E-state index is 0.574. The Morgan fingerprint density at radius 2 is 1.94 bits per heavy atom. The van der Waals surface area contributed by atoms with Gasteiger partial charge in [0.15, 0.2) is 4.77 Å². The van der Waals surface area contributed by atoms with Gasteiger partial charge in [0.1, 0.15) is 12.1 Å². The minimum absolute atomic E-state index is 0.574. The van der Waals surface area contributed by atoms with Crippen LogP contribution in [0.1, 0.15) is 0 Å². The summed E-state index contributed by atoms with van der Waals surface area (Å²) in [6.45, 7) is 0. The summed E-state index contributed by atoms with van der Waals surface area (Å²) >= 11 is 5.21. The fourth-order valence-electron chi connectivity index (χ4n) is 2.07. The number of aromatic amines is 1. The number of ether oxygens (including phenoxy) is 1. The van der Waals surface area contributed by atoms with Crippen LogP contribution in [0.15, 0.2) is 42.7 Å². The van der Waals surface area contributed by atoms with Crippen LogP contribution >= 0.6 is 12.2 Å². The first-order chi connectivity index (χ1) is 8.81. The van der Waals surface area contributed by atoms with Crippen LogP contribution in [-0.4, -0.2) is 21.9 Å². The molecule has 1 aromatic heterocycles. The van der Waals surface area contributed by atoms with Gasteiger partial charge in [-0.25, -0.2) is 0 Å². The molecule has 0 aliphatic heterocycles. The molecule has 0 saturated heterocycles. The molecule has 0 bridgehead atoms. The molecule has 3 rings (SSSR count). The van der Waals surface area contributed by atoms with E-state index >= 15 is 0 Å². The molecule has 0 aliphatic rings. The van der Waals surface area contributed by atoms with E-state index in [2.05, 4.69) is 10.2 Å². The largest absolute Gasteiger partial charge is 0.496 e. The molecule has 4 nitrogen and oxygen atoms in total. The zero-order valence-corrected chi connectivity index (χ0v) is 10.6. The summed E-state index contributed by atoms with van der Waals surface area (Å²) in [7, 11) is 1.67. The first kappa shape index (κ1) is 11.0. The number of nitrogens with zero attached hydrogens (tertiary/aromatic N) is 2. The highest BCUT2D eigenvalue weighted by Gasteiger charge is 2.07. The van der Waals surface area contributed by atoms with E-state index in [9.17, 15) is 0 Å². The van der Waals surface area contributed by atoms with Gasteiger partial charge in [0.05, 0.1) is 12.8 Å². The van der Waals surface area contributed by atoms with Crippen LogP contribution in [0.4, 0.5) is 0 Å². The van der Waals surface area contributed by atoms with E-state index in [4.69, 9.17) is 17.0 Å². The summed E-state index contributed by atoms with van der Waals surface area (Å²) in [4.78, 5) is 0. The average molecular weight is 257 g/mol. The highest BCUT2D eigenvalue weighted by atomic mass is 32.1. The number of rotatable bonds is 2. The molecule has 0 amide bonds. The normalized spacial score (nSPS) is 10.7. The van der Waals surface area contributed by atoms with E-state index in [1.807, 2.05) is 41.0 Å². The molecule has 0 radical (unpaired) electrons. The predicted octanol–water partition coefficient (Wildman–Crippen LogP) is 3.09. The quantitative estimate of drug-likeness (QED) is 0.717. The maximum absolute atomic E-state index is 5.37. The fraction of sp³-hybridized carbons (Fsp3) is 0.0769. The summed E-state index contributed by atoms with van der Waals surface area (Å²) in [6, 6.07) is 12.0. The number of H-pyrrole nitrogens is 1. The van der Waals surface area contributed by atoms with E-state index in [-0.39, 0.29) is 0 Å². The Labute approximate surface area is 109 Å². The molecule has 5 heteroatoms. The monoisotopic (exact) mass is 257 g/mol. The van der Waals surface area contributed by atoms with Gasteiger partial charge >= 0.3 is 0 Å². The molecule has 0 unspecified atom stereocenters. The first-order valence-corrected chi connectivity index (χ1v) is 5.90. The van der Waals surface area contributed by atoms with Crippen molar-refractivity contribution in [1.82, 2.24) is 14.8 Å². The molecule has 0 saturated carbocycles. The van der Waals surface area contributed by atoms with E-state index < -0.39 is 0 Å². The first-order valence-electron chi connectivity index (χ1n) is 5.49. The van der Waals surface area contributed by atoms with Crippen molar-refractivity contribution in [1.29, 1.82) is 0 Å². The minimum Gasteiger partial charge on any atom is -0.496 e. The molecule has 2 aromatic carbocycles. The van der Waals surface area contributed by atoms with E-state index in [1.54, 1.807) is 13.4 Å². The van der Waals surface area contributed by atoms with Crippen LogP contribution in [0.25, 0.3) is 16.5 Å². The van der Waals surface area contributed by atoms with Gasteiger partial charge in [0.25, 0.3) is 0 Å². The smallest absolute Gasteiger partial charge is 0.199 e. The van der Waals surface area contributed by atoms with Gasteiger partial charge < -0.3 is 4.74 Å². The molecule has 90 valence electrons. The fourth-order valence-corrected chi connectivity index (χ4v) is 2.27. The maximum Gasteiger partial charge on any atom is 0.199 e. The Morgan fingerprint density at radius 1 is 1.17 bits per heavy atom. The lowest BCUT2D eigenvalue weighted by atomic mass is 10.1. The van der Waals surface area contributed by atoms with Crippen molar-refractivity contribution in [2.45, 2.75) is 0 Å². The SMILES string of the molecule is COc1cccc2c(-n3cn[nH]c3=S)cccc12. The Balaban J connectivity index is 2.38. The van der Waals surface area contributed by atoms with Gasteiger partial charge in [-0.2, -0.15) is 5.10 Å². The third-order valence-electron chi connectivity index (χ3n) is 2.89. The summed E-state index contributed by atoms with van der Waals surface area (Å²) in [5, 5.41) is 8.84. The highest BCUT2D eigenvalue weighted by Crippen LogP contribution is 2.29. The number of aromatic nitrogens is 3. The van der Waals surface area contributed by atoms with Crippen molar-refractivity contribution in [3.63, 3.8) is 0 Å². The third kappa shape index (κ3) is 1.60. The van der Waals surface area contributed by atoms with Gasteiger partial charge in [-0.15, -0.1) is 0 Å². The van der Waals surface area contributed by atoms with Crippen LogP contribution < -0.4 is 4.74 Å². The number of methoxy groups -OCH3 is 1. The number of hydrogen-bond acceptors (Lipinski definition) is 3. The van der Waals surface area contributed by atoms with Crippen LogP contribution in [0.2, 0.25) is 0 Å². The van der Waals surface area contributed by atoms with Crippen LogP contribution in [0, 0.1) is 4.77 Å². The van der Waals surface area contributed by atoms with Gasteiger partial charge in [0.2, 0.25) is 0 Å². The molecular weight excluding hydrogens is 246 g/mol. The highest BCUT2D eigenvalue weighted by molar-refractivity contribution is 7.71. The Hall–Kier alpha value is -2.14. The number of hydrogen-bond donors (Lipinski definition) is 1. The lowest BCUT2D eigenvalue weighted by Crippen LogP contribution is -1.94. The third-order valence-corrected chi connectivity index (χ3v) is 3.18. The summed E-state index contributed by atoms with van der Waals surface area (Å²) in [5.41, 5.74) is 0.991. The molecular formula is C13H11N3OS. The van der Waals surface area contributed by atoms with Crippen molar-refractivity contribution < 1.29 is 4.74 Å². The van der Waals surface area contributed by atoms with Gasteiger partial charge in [-0.1, -0.05) is 24.3 Å². The Kier molecular flexibility index (Phi) is 2.60. The van der Waals surface area contributed by atoms with Crippen molar-refractivity contribution in [3.8, 4) is 11.4 Å². The summed E-state index contributed by atoms with van der Waals surface area (Å²) < 4.78 is 7.79. The molecule has 0 atom stereocenters. The maximum atomic E-state index is 5.37. The zero-order valence-electron chi connectivity index (χ0n) is 9.75. The average Bonchev–Trinajstić information content (AvgIpc) is 2.83. The van der Waals surface area contributed by atoms with E-state index in [0.29, 0.717) is 4.77 Å². The lowest BCUT2D eigenvalue weighted by Gasteiger charge is -2.09. The second kappa shape index (κ2) is 4.27. The molecule has 0 spiro atoms. The Bertz CT molecular complexity index is 760. The van der Waals surface area contributed by atoms with Crippen LogP contribution in [-0.2, 0) is 0 Å². The summed E-state index contributed by atoms with van der Waals surface area (Å²) in [6.07, 6.45) is 1.68. The summed E-state index contributed by atoms with van der Waals surface area (Å²) in [5.74, 6) is 0.851. The topological polar surface area (TPSA) is 42.8 Å². The standard InChI is InChI=1S/C13H11N3OS/c1-17-12-7-3-4-9-10(12)5-2-6-11(9)16-8-14-15-13(16)18/h2-8H,1H3,(H,15,18). The second-order valence-electron chi connectivity index (χ2n) is 3.86. The second-order valence-corrected chi connectivity index (χ2v) is 4.25. The number of nitrogens with one attached hydrogen (secondary N) is 1. The van der Waals surface area contributed by atoms with Crippen molar-refractivity contribution in [2.75, 3.05) is 7.11 Å². The van der Waals surface area contributed by atoms with Crippen LogP contribution in [0.3, 0.4) is 0 Å². The van der Waals surface area contributed by atoms with Crippen LogP contribution in [0.5, 0.6) is 5.75 Å². The number of fused-ring (bicyclic) bond motifs is 1. The van der Waals surface area contributed by atoms with E-state index in [0.717, 1.165) is 22.2 Å². The molecule has 1 N–H and O–H groups in total.